The van der Waals surface area contributed by atoms with Gasteiger partial charge in [-0.05, 0) is 19.3 Å². The highest BCUT2D eigenvalue weighted by atomic mass is 14.8. The second kappa shape index (κ2) is 2.61. The van der Waals surface area contributed by atoms with E-state index in [1.165, 1.54) is 24.2 Å². The van der Waals surface area contributed by atoms with Crippen LogP contribution >= 0.6 is 0 Å². The Hall–Kier alpha value is -0.920. The van der Waals surface area contributed by atoms with E-state index in [1.807, 2.05) is 0 Å². The van der Waals surface area contributed by atoms with Gasteiger partial charge in [0.15, 0.2) is 0 Å². The van der Waals surface area contributed by atoms with Crippen LogP contribution in [0.3, 0.4) is 0 Å². The number of fused-ring (bicyclic) bond motifs is 1. The average Bonchev–Trinajstić information content (AvgIpc) is 2.06. The molecule has 2 rings (SSSR count). The third-order valence-electron chi connectivity index (χ3n) is 2.32. The molecule has 0 fully saturated rings. The van der Waals surface area contributed by atoms with Gasteiger partial charge in [-0.15, -0.1) is 0 Å². The SMILES string of the molecule is C[C@@H]1CCCc2nccnc21. The maximum atomic E-state index is 4.34. The van der Waals surface area contributed by atoms with E-state index < -0.39 is 0 Å². The van der Waals surface area contributed by atoms with Gasteiger partial charge in [-0.2, -0.15) is 0 Å². The first-order chi connectivity index (χ1) is 5.38. The normalized spacial score (nSPS) is 22.8. The van der Waals surface area contributed by atoms with Crippen LogP contribution in [-0.2, 0) is 6.42 Å². The fourth-order valence-electron chi connectivity index (χ4n) is 1.69. The highest BCUT2D eigenvalue weighted by Crippen LogP contribution is 2.27. The largest absolute Gasteiger partial charge is 0.258 e. The second-order valence-electron chi connectivity index (χ2n) is 3.18. The second-order valence-corrected chi connectivity index (χ2v) is 3.18. The molecule has 0 N–H and O–H groups in total. The summed E-state index contributed by atoms with van der Waals surface area (Å²) in [6, 6.07) is 0. The van der Waals surface area contributed by atoms with Gasteiger partial charge in [0.2, 0.25) is 0 Å². The molecule has 0 bridgehead atoms. The number of rotatable bonds is 0. The molecule has 0 unspecified atom stereocenters. The van der Waals surface area contributed by atoms with Crippen LogP contribution in [0.15, 0.2) is 12.4 Å². The quantitative estimate of drug-likeness (QED) is 0.561. The molecule has 0 saturated heterocycles. The van der Waals surface area contributed by atoms with E-state index in [9.17, 15) is 0 Å². The van der Waals surface area contributed by atoms with Crippen molar-refractivity contribution in [3.8, 4) is 0 Å². The van der Waals surface area contributed by atoms with Gasteiger partial charge in [-0.3, -0.25) is 9.97 Å². The van der Waals surface area contributed by atoms with E-state index in [0.29, 0.717) is 5.92 Å². The van der Waals surface area contributed by atoms with Crippen molar-refractivity contribution in [1.29, 1.82) is 0 Å². The number of hydrogen-bond acceptors (Lipinski definition) is 2. The Balaban J connectivity index is 2.44. The Bertz CT molecular complexity index is 257. The Kier molecular flexibility index (Phi) is 1.60. The van der Waals surface area contributed by atoms with E-state index in [1.54, 1.807) is 12.4 Å². The first-order valence-electron chi connectivity index (χ1n) is 4.17. The van der Waals surface area contributed by atoms with Crippen molar-refractivity contribution < 1.29 is 0 Å². The molecule has 0 aromatic carbocycles. The molecule has 2 nitrogen and oxygen atoms in total. The molecule has 1 aromatic rings. The van der Waals surface area contributed by atoms with Crippen molar-refractivity contribution in [3.05, 3.63) is 23.8 Å². The van der Waals surface area contributed by atoms with Crippen molar-refractivity contribution >= 4 is 0 Å². The minimum absolute atomic E-state index is 0.618. The third-order valence-corrected chi connectivity index (χ3v) is 2.32. The van der Waals surface area contributed by atoms with Crippen molar-refractivity contribution in [3.63, 3.8) is 0 Å². The van der Waals surface area contributed by atoms with Crippen LogP contribution in [0.1, 0.15) is 37.1 Å². The molecule has 0 spiro atoms. The first kappa shape index (κ1) is 6.77. The summed E-state index contributed by atoms with van der Waals surface area (Å²) in [5.74, 6) is 0.618. The molecular formula is C9H12N2. The summed E-state index contributed by atoms with van der Waals surface area (Å²) in [5, 5.41) is 0. The molecular weight excluding hydrogens is 136 g/mol. The lowest BCUT2D eigenvalue weighted by atomic mass is 9.91. The van der Waals surface area contributed by atoms with Gasteiger partial charge in [0.25, 0.3) is 0 Å². The van der Waals surface area contributed by atoms with E-state index in [0.717, 1.165) is 6.42 Å². The monoisotopic (exact) mass is 148 g/mol. The Morgan fingerprint density at radius 1 is 1.36 bits per heavy atom. The fraction of sp³-hybridized carbons (Fsp3) is 0.556. The third kappa shape index (κ3) is 1.13. The Morgan fingerprint density at radius 2 is 2.18 bits per heavy atom. The number of hydrogen-bond donors (Lipinski definition) is 0. The Morgan fingerprint density at radius 3 is 3.00 bits per heavy atom. The zero-order valence-electron chi connectivity index (χ0n) is 6.75. The van der Waals surface area contributed by atoms with E-state index in [-0.39, 0.29) is 0 Å². The average molecular weight is 148 g/mol. The summed E-state index contributed by atoms with van der Waals surface area (Å²) in [6.45, 7) is 2.23. The molecule has 1 heterocycles. The van der Waals surface area contributed by atoms with E-state index >= 15 is 0 Å². The highest BCUT2D eigenvalue weighted by Gasteiger charge is 2.17. The van der Waals surface area contributed by atoms with Crippen molar-refractivity contribution in [2.45, 2.75) is 32.1 Å². The van der Waals surface area contributed by atoms with Crippen LogP contribution in [0.5, 0.6) is 0 Å². The predicted molar refractivity (Wildman–Crippen MR) is 43.4 cm³/mol. The van der Waals surface area contributed by atoms with E-state index in [2.05, 4.69) is 16.9 Å². The maximum absolute atomic E-state index is 4.34. The molecule has 0 amide bonds. The van der Waals surface area contributed by atoms with Crippen molar-refractivity contribution in [2.24, 2.45) is 0 Å². The summed E-state index contributed by atoms with van der Waals surface area (Å²) in [7, 11) is 0. The summed E-state index contributed by atoms with van der Waals surface area (Å²) >= 11 is 0. The minimum Gasteiger partial charge on any atom is -0.258 e. The molecule has 2 heteroatoms. The first-order valence-corrected chi connectivity index (χ1v) is 4.17. The van der Waals surface area contributed by atoms with Crippen LogP contribution in [-0.4, -0.2) is 9.97 Å². The summed E-state index contributed by atoms with van der Waals surface area (Å²) < 4.78 is 0. The Labute approximate surface area is 66.7 Å². The van der Waals surface area contributed by atoms with Gasteiger partial charge in [0.05, 0.1) is 11.4 Å². The van der Waals surface area contributed by atoms with Crippen molar-refractivity contribution in [1.82, 2.24) is 9.97 Å². The summed E-state index contributed by atoms with van der Waals surface area (Å²) in [6.07, 6.45) is 7.24. The number of nitrogens with zero attached hydrogens (tertiary/aromatic N) is 2. The van der Waals surface area contributed by atoms with Gasteiger partial charge in [0.1, 0.15) is 0 Å². The van der Waals surface area contributed by atoms with Gasteiger partial charge in [-0.1, -0.05) is 6.92 Å². The van der Waals surface area contributed by atoms with E-state index in [4.69, 9.17) is 0 Å². The summed E-state index contributed by atoms with van der Waals surface area (Å²) in [5.41, 5.74) is 2.44. The lowest BCUT2D eigenvalue weighted by molar-refractivity contribution is 0.561. The van der Waals surface area contributed by atoms with Gasteiger partial charge in [0, 0.05) is 18.3 Å². The zero-order chi connectivity index (χ0) is 7.68. The molecule has 1 atom stereocenters. The number of aromatic nitrogens is 2. The van der Waals surface area contributed by atoms with Gasteiger partial charge >= 0.3 is 0 Å². The minimum atomic E-state index is 0.618. The van der Waals surface area contributed by atoms with Gasteiger partial charge in [-0.25, -0.2) is 0 Å². The number of aryl methyl sites for hydroxylation is 1. The summed E-state index contributed by atoms with van der Waals surface area (Å²) in [4.78, 5) is 8.64. The van der Waals surface area contributed by atoms with Crippen LogP contribution in [0.25, 0.3) is 0 Å². The van der Waals surface area contributed by atoms with Crippen LogP contribution < -0.4 is 0 Å². The van der Waals surface area contributed by atoms with Crippen molar-refractivity contribution in [2.75, 3.05) is 0 Å². The molecule has 1 aromatic heterocycles. The van der Waals surface area contributed by atoms with Gasteiger partial charge < -0.3 is 0 Å². The predicted octanol–water partition coefficient (Wildman–Crippen LogP) is 1.92. The standard InChI is InChI=1S/C9H12N2/c1-7-3-2-4-8-9(7)11-6-5-10-8/h5-7H,2-4H2,1H3/t7-/m1/s1. The molecule has 0 saturated carbocycles. The molecule has 0 aliphatic heterocycles. The topological polar surface area (TPSA) is 25.8 Å². The lowest BCUT2D eigenvalue weighted by Crippen LogP contribution is -2.10. The van der Waals surface area contributed by atoms with Crippen LogP contribution in [0, 0.1) is 0 Å². The fourth-order valence-corrected chi connectivity index (χ4v) is 1.69. The smallest absolute Gasteiger partial charge is 0.0646 e. The molecule has 1 aliphatic rings. The van der Waals surface area contributed by atoms with Crippen LogP contribution in [0.4, 0.5) is 0 Å². The van der Waals surface area contributed by atoms with Crippen LogP contribution in [0.2, 0.25) is 0 Å². The molecule has 11 heavy (non-hydrogen) atoms. The zero-order valence-corrected chi connectivity index (χ0v) is 6.75. The lowest BCUT2D eigenvalue weighted by Gasteiger charge is -2.18. The molecule has 0 radical (unpaired) electrons. The highest BCUT2D eigenvalue weighted by molar-refractivity contribution is 5.17. The maximum Gasteiger partial charge on any atom is 0.0646 e. The molecule has 1 aliphatic carbocycles. The molecule has 58 valence electrons.